The van der Waals surface area contributed by atoms with Gasteiger partial charge in [-0.05, 0) is 55.8 Å². The molecule has 0 radical (unpaired) electrons. The molecule has 0 aliphatic heterocycles. The van der Waals surface area contributed by atoms with Crippen LogP contribution in [0.4, 0.5) is 0 Å². The van der Waals surface area contributed by atoms with E-state index in [1.807, 2.05) is 66.9 Å². The number of methoxy groups -OCH3 is 1. The number of carbonyl (C=O) groups is 1. The maximum absolute atomic E-state index is 12.2. The average Bonchev–Trinajstić information content (AvgIpc) is 3.19. The van der Waals surface area contributed by atoms with Gasteiger partial charge in [-0.1, -0.05) is 39.8 Å². The Morgan fingerprint density at radius 3 is 2.50 bits per heavy atom. The van der Waals surface area contributed by atoms with Crippen LogP contribution in [-0.4, -0.2) is 39.2 Å². The molecule has 3 rings (SSSR count). The standard InChI is InChI=1S/C21H22BrN5O2S/c1-4-27-20(16-7-11-18(29-3)12-8-16)25-26-21(27)30-13-19(28)24-23-14(2)15-5-9-17(22)10-6-15/h5-12H,4,13H2,1-3H3,(H,24,28). The number of nitrogens with zero attached hydrogens (tertiary/aromatic N) is 4. The zero-order valence-corrected chi connectivity index (χ0v) is 19.3. The molecule has 0 bridgehead atoms. The van der Waals surface area contributed by atoms with E-state index in [-0.39, 0.29) is 11.7 Å². The molecule has 30 heavy (non-hydrogen) atoms. The lowest BCUT2D eigenvalue weighted by Gasteiger charge is -2.08. The lowest BCUT2D eigenvalue weighted by molar-refractivity contribution is -0.118. The Bertz CT molecular complexity index is 1030. The number of halogens is 1. The topological polar surface area (TPSA) is 81.4 Å². The van der Waals surface area contributed by atoms with Gasteiger partial charge in [0.25, 0.3) is 5.91 Å². The molecule has 156 valence electrons. The van der Waals surface area contributed by atoms with Crippen molar-refractivity contribution in [3.63, 3.8) is 0 Å². The third-order valence-electron chi connectivity index (χ3n) is 4.32. The fourth-order valence-corrected chi connectivity index (χ4v) is 3.76. The molecule has 0 spiro atoms. The second-order valence-electron chi connectivity index (χ2n) is 6.31. The van der Waals surface area contributed by atoms with Gasteiger partial charge >= 0.3 is 0 Å². The van der Waals surface area contributed by atoms with Crippen LogP contribution in [0.1, 0.15) is 19.4 Å². The highest BCUT2D eigenvalue weighted by Crippen LogP contribution is 2.25. The maximum Gasteiger partial charge on any atom is 0.250 e. The zero-order chi connectivity index (χ0) is 21.5. The van der Waals surface area contributed by atoms with Gasteiger partial charge in [0.2, 0.25) is 0 Å². The summed E-state index contributed by atoms with van der Waals surface area (Å²) in [5, 5.41) is 13.4. The van der Waals surface area contributed by atoms with Gasteiger partial charge in [0.15, 0.2) is 11.0 Å². The SMILES string of the molecule is CCn1c(SCC(=O)NN=C(C)c2ccc(Br)cc2)nnc1-c1ccc(OC)cc1. The van der Waals surface area contributed by atoms with Gasteiger partial charge in [0.05, 0.1) is 18.6 Å². The maximum atomic E-state index is 12.2. The van der Waals surface area contributed by atoms with Gasteiger partial charge in [-0.15, -0.1) is 10.2 Å². The van der Waals surface area contributed by atoms with Gasteiger partial charge in [-0.25, -0.2) is 5.43 Å². The van der Waals surface area contributed by atoms with E-state index in [2.05, 4.69) is 36.7 Å². The summed E-state index contributed by atoms with van der Waals surface area (Å²) in [4.78, 5) is 12.2. The van der Waals surface area contributed by atoms with Gasteiger partial charge in [-0.2, -0.15) is 5.10 Å². The molecule has 1 aromatic heterocycles. The normalized spacial score (nSPS) is 11.4. The highest BCUT2D eigenvalue weighted by atomic mass is 79.9. The number of aromatic nitrogens is 3. The number of hydrogen-bond acceptors (Lipinski definition) is 6. The van der Waals surface area contributed by atoms with E-state index >= 15 is 0 Å². The van der Waals surface area contributed by atoms with Crippen molar-refractivity contribution in [1.29, 1.82) is 0 Å². The summed E-state index contributed by atoms with van der Waals surface area (Å²) in [7, 11) is 1.63. The Morgan fingerprint density at radius 2 is 1.87 bits per heavy atom. The van der Waals surface area contributed by atoms with Gasteiger partial charge in [0.1, 0.15) is 5.75 Å². The Kier molecular flexibility index (Phi) is 7.64. The molecule has 0 saturated heterocycles. The van der Waals surface area contributed by atoms with Gasteiger partial charge in [0, 0.05) is 16.6 Å². The van der Waals surface area contributed by atoms with Gasteiger partial charge < -0.3 is 9.30 Å². The van der Waals surface area contributed by atoms with Crippen molar-refractivity contribution in [3.05, 3.63) is 58.6 Å². The zero-order valence-electron chi connectivity index (χ0n) is 16.9. The molecular formula is C21H22BrN5O2S. The van der Waals surface area contributed by atoms with Crippen LogP contribution in [0.5, 0.6) is 5.75 Å². The molecule has 7 nitrogen and oxygen atoms in total. The molecule has 2 aromatic carbocycles. The largest absolute Gasteiger partial charge is 0.497 e. The van der Waals surface area contributed by atoms with Crippen LogP contribution in [0.3, 0.4) is 0 Å². The average molecular weight is 488 g/mol. The van der Waals surface area contributed by atoms with Crippen molar-refractivity contribution in [2.75, 3.05) is 12.9 Å². The summed E-state index contributed by atoms with van der Waals surface area (Å²) < 4.78 is 8.18. The minimum absolute atomic E-state index is 0.192. The second-order valence-corrected chi connectivity index (χ2v) is 8.16. The Labute approximate surface area is 188 Å². The fraction of sp³-hybridized carbons (Fsp3) is 0.238. The van der Waals surface area contributed by atoms with Crippen LogP contribution in [0.15, 0.2) is 63.3 Å². The number of benzene rings is 2. The van der Waals surface area contributed by atoms with Crippen LogP contribution in [0.2, 0.25) is 0 Å². The Balaban J connectivity index is 1.62. The fourth-order valence-electron chi connectivity index (χ4n) is 2.70. The van der Waals surface area contributed by atoms with Gasteiger partial charge in [-0.3, -0.25) is 4.79 Å². The van der Waals surface area contributed by atoms with Crippen LogP contribution in [0.25, 0.3) is 11.4 Å². The van der Waals surface area contributed by atoms with Crippen LogP contribution >= 0.6 is 27.7 Å². The molecule has 0 saturated carbocycles. The van der Waals surface area contributed by atoms with E-state index in [9.17, 15) is 4.79 Å². The van der Waals surface area contributed by atoms with Crippen LogP contribution in [0, 0.1) is 0 Å². The minimum Gasteiger partial charge on any atom is -0.497 e. The van der Waals surface area contributed by atoms with E-state index in [4.69, 9.17) is 4.74 Å². The molecule has 1 amide bonds. The third-order valence-corrected chi connectivity index (χ3v) is 5.82. The number of ether oxygens (including phenoxy) is 1. The van der Waals surface area contributed by atoms with Crippen molar-refractivity contribution in [2.24, 2.45) is 5.10 Å². The van der Waals surface area contributed by atoms with E-state index in [1.165, 1.54) is 11.8 Å². The predicted octanol–water partition coefficient (Wildman–Crippen LogP) is 4.37. The lowest BCUT2D eigenvalue weighted by Crippen LogP contribution is -2.21. The monoisotopic (exact) mass is 487 g/mol. The first-order valence-corrected chi connectivity index (χ1v) is 11.1. The van der Waals surface area contributed by atoms with E-state index in [0.29, 0.717) is 11.7 Å². The summed E-state index contributed by atoms with van der Waals surface area (Å²) in [6, 6.07) is 15.4. The highest BCUT2D eigenvalue weighted by molar-refractivity contribution is 9.10. The minimum atomic E-state index is -0.201. The first-order valence-electron chi connectivity index (χ1n) is 9.31. The van der Waals surface area contributed by atoms with Crippen molar-refractivity contribution in [3.8, 4) is 17.1 Å². The smallest absolute Gasteiger partial charge is 0.250 e. The van der Waals surface area contributed by atoms with E-state index in [0.717, 1.165) is 32.9 Å². The van der Waals surface area contributed by atoms with Crippen LogP contribution in [-0.2, 0) is 11.3 Å². The molecule has 1 heterocycles. The first-order chi connectivity index (χ1) is 14.5. The summed E-state index contributed by atoms with van der Waals surface area (Å²) in [6.07, 6.45) is 0. The van der Waals surface area contributed by atoms with Crippen LogP contribution < -0.4 is 10.2 Å². The van der Waals surface area contributed by atoms with Crippen molar-refractivity contribution in [2.45, 2.75) is 25.5 Å². The molecule has 0 fully saturated rings. The summed E-state index contributed by atoms with van der Waals surface area (Å²) >= 11 is 4.73. The first kappa shape index (κ1) is 22.0. The summed E-state index contributed by atoms with van der Waals surface area (Å²) in [6.45, 7) is 4.57. The number of amides is 1. The molecule has 9 heteroatoms. The molecular weight excluding hydrogens is 466 g/mol. The van der Waals surface area contributed by atoms with Crippen molar-refractivity contribution < 1.29 is 9.53 Å². The second kappa shape index (κ2) is 10.4. The summed E-state index contributed by atoms with van der Waals surface area (Å²) in [5.41, 5.74) is 5.22. The van der Waals surface area contributed by atoms with Crippen molar-refractivity contribution >= 4 is 39.3 Å². The molecule has 0 atom stereocenters. The van der Waals surface area contributed by atoms with E-state index in [1.54, 1.807) is 7.11 Å². The molecule has 3 aromatic rings. The number of nitrogens with one attached hydrogen (secondary N) is 1. The number of hydrogen-bond donors (Lipinski definition) is 1. The summed E-state index contributed by atoms with van der Waals surface area (Å²) in [5.74, 6) is 1.53. The number of hydrazone groups is 1. The Morgan fingerprint density at radius 1 is 1.17 bits per heavy atom. The molecule has 0 aliphatic carbocycles. The molecule has 0 unspecified atom stereocenters. The molecule has 1 N–H and O–H groups in total. The highest BCUT2D eigenvalue weighted by Gasteiger charge is 2.14. The lowest BCUT2D eigenvalue weighted by atomic mass is 10.1. The number of rotatable bonds is 8. The predicted molar refractivity (Wildman–Crippen MR) is 123 cm³/mol. The third kappa shape index (κ3) is 5.48. The number of thioether (sulfide) groups is 1. The Hall–Kier alpha value is -2.65. The van der Waals surface area contributed by atoms with Crippen molar-refractivity contribution in [1.82, 2.24) is 20.2 Å². The molecule has 0 aliphatic rings. The number of carbonyl (C=O) groups excluding carboxylic acids is 1. The quantitative estimate of drug-likeness (QED) is 0.289. The van der Waals surface area contributed by atoms with E-state index < -0.39 is 0 Å².